The van der Waals surface area contributed by atoms with Gasteiger partial charge in [0.1, 0.15) is 5.75 Å². The lowest BCUT2D eigenvalue weighted by atomic mass is 9.97. The van der Waals surface area contributed by atoms with Crippen molar-refractivity contribution in [1.29, 1.82) is 0 Å². The Morgan fingerprint density at radius 3 is 2.10 bits per heavy atom. The van der Waals surface area contributed by atoms with E-state index in [0.29, 0.717) is 11.3 Å². The Hall–Kier alpha value is -2.25. The smallest absolute Gasteiger partial charge is 0.405 e. The number of nitrogens with one attached hydrogen (secondary N) is 1. The normalized spacial score (nSPS) is 13.0. The topological polar surface area (TPSA) is 73.3 Å². The van der Waals surface area contributed by atoms with Crippen LogP contribution in [0.5, 0.6) is 5.75 Å². The highest BCUT2D eigenvalue weighted by Gasteiger charge is 2.33. The van der Waals surface area contributed by atoms with Crippen molar-refractivity contribution in [3.8, 4) is 5.75 Å². The van der Waals surface area contributed by atoms with E-state index in [4.69, 9.17) is 11.6 Å². The van der Waals surface area contributed by atoms with Gasteiger partial charge in [-0.25, -0.2) is 5.43 Å². The zero-order valence-electron chi connectivity index (χ0n) is 10.9. The number of para-hydroxylation sites is 2. The Balaban J connectivity index is 2.46. The quantitative estimate of drug-likeness (QED) is 0.461. The van der Waals surface area contributed by atoms with E-state index in [-0.39, 0.29) is 11.3 Å². The summed E-state index contributed by atoms with van der Waals surface area (Å²) in [6.45, 7) is 0. The molecule has 0 fully saturated rings. The van der Waals surface area contributed by atoms with E-state index in [0.717, 1.165) is 0 Å². The first kappa shape index (κ1) is 15.1. The highest BCUT2D eigenvalue weighted by Crippen LogP contribution is 2.34. The molecule has 4 nitrogen and oxygen atoms in total. The minimum absolute atomic E-state index is 0.246. The average molecular weight is 297 g/mol. The molecule has 5 N–H and O–H groups in total. The van der Waals surface area contributed by atoms with Crippen molar-refractivity contribution in [2.75, 3.05) is 5.73 Å². The fourth-order valence-corrected chi connectivity index (χ4v) is 2.06. The molecule has 0 aliphatic rings. The van der Waals surface area contributed by atoms with E-state index in [1.807, 2.05) is 0 Å². The molecule has 0 spiro atoms. The zero-order chi connectivity index (χ0) is 15.5. The largest absolute Gasteiger partial charge is 0.573 e. The molecule has 0 aliphatic carbocycles. The van der Waals surface area contributed by atoms with Crippen molar-refractivity contribution >= 4 is 5.69 Å². The first-order valence-electron chi connectivity index (χ1n) is 6.07. The molecule has 7 heteroatoms. The number of alkyl halides is 3. The minimum atomic E-state index is -4.78. The van der Waals surface area contributed by atoms with Crippen molar-refractivity contribution in [3.05, 3.63) is 59.7 Å². The van der Waals surface area contributed by atoms with Crippen LogP contribution in [0, 0.1) is 0 Å². The van der Waals surface area contributed by atoms with Gasteiger partial charge in [-0.15, -0.1) is 13.2 Å². The van der Waals surface area contributed by atoms with Crippen LogP contribution in [0.25, 0.3) is 0 Å². The summed E-state index contributed by atoms with van der Waals surface area (Å²) in [6, 6.07) is 11.8. The summed E-state index contributed by atoms with van der Waals surface area (Å²) in [6.07, 6.45) is -4.78. The number of nitrogen functional groups attached to an aromatic ring is 1. The molecule has 2 aromatic carbocycles. The van der Waals surface area contributed by atoms with E-state index >= 15 is 0 Å². The van der Waals surface area contributed by atoms with Crippen LogP contribution in [-0.2, 0) is 0 Å². The van der Waals surface area contributed by atoms with Gasteiger partial charge in [0.25, 0.3) is 0 Å². The van der Waals surface area contributed by atoms with Gasteiger partial charge in [0.2, 0.25) is 0 Å². The second-order valence-corrected chi connectivity index (χ2v) is 4.31. The molecule has 0 saturated carbocycles. The number of rotatable bonds is 4. The summed E-state index contributed by atoms with van der Waals surface area (Å²) in [5.74, 6) is 5.17. The molecular formula is C14H14F3N3O. The number of hydrogen-bond acceptors (Lipinski definition) is 4. The van der Waals surface area contributed by atoms with Crippen molar-refractivity contribution in [1.82, 2.24) is 5.43 Å². The molecule has 2 aromatic rings. The summed E-state index contributed by atoms with van der Waals surface area (Å²) in [4.78, 5) is 0. The SMILES string of the molecule is NNC(c1ccccc1N)c1ccccc1OC(F)(F)F. The number of nitrogens with two attached hydrogens (primary N) is 2. The summed E-state index contributed by atoms with van der Waals surface area (Å²) in [5.41, 5.74) is 9.56. The van der Waals surface area contributed by atoms with Gasteiger partial charge in [-0.1, -0.05) is 36.4 Å². The average Bonchev–Trinajstić information content (AvgIpc) is 2.42. The molecule has 1 atom stereocenters. The molecule has 0 aliphatic heterocycles. The van der Waals surface area contributed by atoms with Gasteiger partial charge >= 0.3 is 6.36 Å². The summed E-state index contributed by atoms with van der Waals surface area (Å²) >= 11 is 0. The first-order chi connectivity index (χ1) is 9.92. The predicted molar refractivity (Wildman–Crippen MR) is 73.1 cm³/mol. The molecule has 1 unspecified atom stereocenters. The lowest BCUT2D eigenvalue weighted by Gasteiger charge is -2.22. The molecule has 2 rings (SSSR count). The molecule has 0 bridgehead atoms. The lowest BCUT2D eigenvalue weighted by molar-refractivity contribution is -0.275. The van der Waals surface area contributed by atoms with Crippen LogP contribution in [0.15, 0.2) is 48.5 Å². The van der Waals surface area contributed by atoms with Gasteiger partial charge in [-0.2, -0.15) is 0 Å². The van der Waals surface area contributed by atoms with E-state index in [1.165, 1.54) is 18.2 Å². The number of hydrazine groups is 1. The van der Waals surface area contributed by atoms with Crippen LogP contribution >= 0.6 is 0 Å². The van der Waals surface area contributed by atoms with Crippen molar-refractivity contribution in [2.24, 2.45) is 5.84 Å². The van der Waals surface area contributed by atoms with E-state index in [9.17, 15) is 13.2 Å². The maximum atomic E-state index is 12.5. The van der Waals surface area contributed by atoms with E-state index < -0.39 is 12.4 Å². The number of ether oxygens (including phenoxy) is 1. The van der Waals surface area contributed by atoms with Crippen LogP contribution in [0.1, 0.15) is 17.2 Å². The third kappa shape index (κ3) is 3.65. The fraction of sp³-hybridized carbons (Fsp3) is 0.143. The minimum Gasteiger partial charge on any atom is -0.405 e. The standard InChI is InChI=1S/C14H14F3N3O/c15-14(16,17)21-12-8-4-2-6-10(12)13(20-19)9-5-1-3-7-11(9)18/h1-8,13,20H,18-19H2. The van der Waals surface area contributed by atoms with Crippen LogP contribution in [-0.4, -0.2) is 6.36 Å². The molecule has 0 saturated heterocycles. The molecule has 112 valence electrons. The van der Waals surface area contributed by atoms with Gasteiger partial charge in [-0.05, 0) is 17.7 Å². The van der Waals surface area contributed by atoms with Crippen molar-refractivity contribution in [3.63, 3.8) is 0 Å². The molecule has 0 heterocycles. The lowest BCUT2D eigenvalue weighted by Crippen LogP contribution is -2.30. The van der Waals surface area contributed by atoms with Crippen LogP contribution < -0.4 is 21.7 Å². The summed E-state index contributed by atoms with van der Waals surface area (Å²) < 4.78 is 41.5. The maximum absolute atomic E-state index is 12.5. The van der Waals surface area contributed by atoms with Gasteiger partial charge in [0, 0.05) is 11.3 Å². The number of benzene rings is 2. The van der Waals surface area contributed by atoms with Crippen molar-refractivity contribution < 1.29 is 17.9 Å². The van der Waals surface area contributed by atoms with Gasteiger partial charge in [0.05, 0.1) is 6.04 Å². The Labute approximate surface area is 119 Å². The molecule has 0 amide bonds. The number of halogens is 3. The van der Waals surface area contributed by atoms with Crippen LogP contribution in [0.4, 0.5) is 18.9 Å². The predicted octanol–water partition coefficient (Wildman–Crippen LogP) is 2.72. The fourth-order valence-electron chi connectivity index (χ4n) is 2.06. The molecule has 0 radical (unpaired) electrons. The highest BCUT2D eigenvalue weighted by molar-refractivity contribution is 5.53. The Morgan fingerprint density at radius 2 is 1.52 bits per heavy atom. The van der Waals surface area contributed by atoms with Crippen molar-refractivity contribution in [2.45, 2.75) is 12.4 Å². The van der Waals surface area contributed by atoms with Crippen LogP contribution in [0.2, 0.25) is 0 Å². The molecule has 21 heavy (non-hydrogen) atoms. The second-order valence-electron chi connectivity index (χ2n) is 4.31. The Morgan fingerprint density at radius 1 is 0.952 bits per heavy atom. The van der Waals surface area contributed by atoms with E-state index in [1.54, 1.807) is 30.3 Å². The maximum Gasteiger partial charge on any atom is 0.573 e. The van der Waals surface area contributed by atoms with Gasteiger partial charge in [-0.3, -0.25) is 5.84 Å². The van der Waals surface area contributed by atoms with Gasteiger partial charge in [0.15, 0.2) is 0 Å². The Bertz CT molecular complexity index is 616. The molecular weight excluding hydrogens is 283 g/mol. The third-order valence-corrected chi connectivity index (χ3v) is 2.93. The first-order valence-corrected chi connectivity index (χ1v) is 6.07. The molecule has 0 aromatic heterocycles. The summed E-state index contributed by atoms with van der Waals surface area (Å²) in [5, 5.41) is 0. The van der Waals surface area contributed by atoms with Gasteiger partial charge < -0.3 is 10.5 Å². The zero-order valence-corrected chi connectivity index (χ0v) is 10.9. The monoisotopic (exact) mass is 297 g/mol. The number of anilines is 1. The highest BCUT2D eigenvalue weighted by atomic mass is 19.4. The van der Waals surface area contributed by atoms with E-state index in [2.05, 4.69) is 10.2 Å². The van der Waals surface area contributed by atoms with Crippen LogP contribution in [0.3, 0.4) is 0 Å². The third-order valence-electron chi connectivity index (χ3n) is 2.93. The summed E-state index contributed by atoms with van der Waals surface area (Å²) in [7, 11) is 0. The second kappa shape index (κ2) is 6.02. The Kier molecular flexibility index (Phi) is 4.35. The number of hydrogen-bond donors (Lipinski definition) is 3.